The van der Waals surface area contributed by atoms with Crippen LogP contribution in [0, 0.1) is 0 Å². The zero-order valence-electron chi connectivity index (χ0n) is 12.1. The van der Waals surface area contributed by atoms with Crippen molar-refractivity contribution in [3.05, 3.63) is 10.9 Å². The molecule has 1 aromatic rings. The number of amides is 1. The Labute approximate surface area is 128 Å². The van der Waals surface area contributed by atoms with Crippen molar-refractivity contribution in [2.75, 3.05) is 50.4 Å². The van der Waals surface area contributed by atoms with Crippen LogP contribution in [0.2, 0.25) is 0 Å². The summed E-state index contributed by atoms with van der Waals surface area (Å²) in [5.74, 6) is -0.0405. The minimum Gasteiger partial charge on any atom is -0.397 e. The molecule has 1 saturated carbocycles. The van der Waals surface area contributed by atoms with Gasteiger partial charge in [0.2, 0.25) is 0 Å². The first kappa shape index (κ1) is 14.6. The molecule has 2 aliphatic rings. The molecule has 0 radical (unpaired) electrons. The van der Waals surface area contributed by atoms with E-state index in [9.17, 15) is 4.79 Å². The number of nitrogen functional groups attached to an aromatic ring is 1. The number of morpholine rings is 1. The first-order valence-electron chi connectivity index (χ1n) is 7.46. The first-order chi connectivity index (χ1) is 10.2. The fourth-order valence-electron chi connectivity index (χ4n) is 2.31. The van der Waals surface area contributed by atoms with E-state index in [-0.39, 0.29) is 5.91 Å². The summed E-state index contributed by atoms with van der Waals surface area (Å²) >= 11 is 1.43. The van der Waals surface area contributed by atoms with Crippen LogP contribution in [0.25, 0.3) is 0 Å². The summed E-state index contributed by atoms with van der Waals surface area (Å²) in [6, 6.07) is 2.21. The van der Waals surface area contributed by atoms with E-state index in [1.807, 2.05) is 6.07 Å². The highest BCUT2D eigenvalue weighted by Gasteiger charge is 2.25. The molecule has 0 unspecified atom stereocenters. The van der Waals surface area contributed by atoms with Gasteiger partial charge in [0, 0.05) is 32.2 Å². The van der Waals surface area contributed by atoms with Crippen LogP contribution in [0.3, 0.4) is 0 Å². The van der Waals surface area contributed by atoms with Gasteiger partial charge < -0.3 is 21.1 Å². The second-order valence-corrected chi connectivity index (χ2v) is 6.58. The van der Waals surface area contributed by atoms with E-state index in [2.05, 4.69) is 15.5 Å². The number of nitrogens with two attached hydrogens (primary N) is 1. The molecule has 1 aliphatic carbocycles. The highest BCUT2D eigenvalue weighted by Crippen LogP contribution is 2.30. The molecule has 0 spiro atoms. The normalized spacial score (nSPS) is 19.4. The molecule has 3 rings (SSSR count). The van der Waals surface area contributed by atoms with Crippen LogP contribution in [-0.2, 0) is 4.74 Å². The summed E-state index contributed by atoms with van der Waals surface area (Å²) in [6.07, 6.45) is 2.17. The SMILES string of the molecule is Nc1cc(NCCN2CCOCC2)sc1C(=O)NC1CC1. The fourth-order valence-corrected chi connectivity index (χ4v) is 3.22. The molecule has 7 heteroatoms. The smallest absolute Gasteiger partial charge is 0.263 e. The van der Waals surface area contributed by atoms with Gasteiger partial charge in [-0.2, -0.15) is 0 Å². The molecule has 2 heterocycles. The molecule has 6 nitrogen and oxygen atoms in total. The van der Waals surface area contributed by atoms with Gasteiger partial charge in [0.25, 0.3) is 5.91 Å². The minimum atomic E-state index is -0.0405. The summed E-state index contributed by atoms with van der Waals surface area (Å²) < 4.78 is 5.33. The Kier molecular flexibility index (Phi) is 4.62. The summed E-state index contributed by atoms with van der Waals surface area (Å²) in [4.78, 5) is 15.0. The van der Waals surface area contributed by atoms with Gasteiger partial charge in [-0.1, -0.05) is 0 Å². The fraction of sp³-hybridized carbons (Fsp3) is 0.643. The molecular formula is C14H22N4O2S. The summed E-state index contributed by atoms with van der Waals surface area (Å²) in [5, 5.41) is 7.29. The van der Waals surface area contributed by atoms with E-state index in [1.165, 1.54) is 11.3 Å². The van der Waals surface area contributed by atoms with Crippen molar-refractivity contribution >= 4 is 27.9 Å². The Morgan fingerprint density at radius 1 is 1.43 bits per heavy atom. The van der Waals surface area contributed by atoms with Gasteiger partial charge in [-0.25, -0.2) is 0 Å². The minimum absolute atomic E-state index is 0.0405. The standard InChI is InChI=1S/C14H22N4O2S/c15-11-9-12(16-3-4-18-5-7-20-8-6-18)21-13(11)14(19)17-10-1-2-10/h9-10,16H,1-8,15H2,(H,17,19). The van der Waals surface area contributed by atoms with E-state index in [0.29, 0.717) is 16.6 Å². The lowest BCUT2D eigenvalue weighted by molar-refractivity contribution is 0.0398. The number of nitrogens with one attached hydrogen (secondary N) is 2. The van der Waals surface area contributed by atoms with Gasteiger partial charge in [0.1, 0.15) is 4.88 Å². The van der Waals surface area contributed by atoms with Gasteiger partial charge in [-0.15, -0.1) is 11.3 Å². The predicted octanol–water partition coefficient (Wildman–Crippen LogP) is 0.967. The van der Waals surface area contributed by atoms with E-state index in [4.69, 9.17) is 10.5 Å². The predicted molar refractivity (Wildman–Crippen MR) is 85.0 cm³/mol. The molecule has 0 aromatic carbocycles. The number of carbonyl (C=O) groups is 1. The zero-order valence-corrected chi connectivity index (χ0v) is 12.9. The summed E-state index contributed by atoms with van der Waals surface area (Å²) in [5.41, 5.74) is 6.50. The monoisotopic (exact) mass is 310 g/mol. The molecule has 1 saturated heterocycles. The number of hydrogen-bond acceptors (Lipinski definition) is 6. The number of thiophene rings is 1. The molecule has 116 valence electrons. The van der Waals surface area contributed by atoms with Crippen molar-refractivity contribution in [3.63, 3.8) is 0 Å². The molecule has 2 fully saturated rings. The number of nitrogens with zero attached hydrogens (tertiary/aromatic N) is 1. The van der Waals surface area contributed by atoms with Crippen molar-refractivity contribution in [1.82, 2.24) is 10.2 Å². The van der Waals surface area contributed by atoms with Crippen LogP contribution in [0.5, 0.6) is 0 Å². The Balaban J connectivity index is 1.47. The van der Waals surface area contributed by atoms with Crippen LogP contribution in [0.1, 0.15) is 22.5 Å². The van der Waals surface area contributed by atoms with Crippen molar-refractivity contribution in [2.45, 2.75) is 18.9 Å². The highest BCUT2D eigenvalue weighted by molar-refractivity contribution is 7.18. The molecule has 1 aliphatic heterocycles. The molecule has 21 heavy (non-hydrogen) atoms. The van der Waals surface area contributed by atoms with Crippen LogP contribution >= 0.6 is 11.3 Å². The lowest BCUT2D eigenvalue weighted by Crippen LogP contribution is -2.38. The van der Waals surface area contributed by atoms with Crippen molar-refractivity contribution in [2.24, 2.45) is 0 Å². The quantitative estimate of drug-likeness (QED) is 0.729. The number of carbonyl (C=O) groups excluding carboxylic acids is 1. The first-order valence-corrected chi connectivity index (χ1v) is 8.28. The third kappa shape index (κ3) is 4.09. The number of hydrogen-bond donors (Lipinski definition) is 3. The van der Waals surface area contributed by atoms with Gasteiger partial charge >= 0.3 is 0 Å². The lowest BCUT2D eigenvalue weighted by Gasteiger charge is -2.26. The Hall–Kier alpha value is -1.31. The molecule has 1 amide bonds. The topological polar surface area (TPSA) is 79.6 Å². The summed E-state index contributed by atoms with van der Waals surface area (Å²) in [7, 11) is 0. The van der Waals surface area contributed by atoms with Crippen molar-refractivity contribution in [1.29, 1.82) is 0 Å². The van der Waals surface area contributed by atoms with Gasteiger partial charge in [-0.3, -0.25) is 9.69 Å². The van der Waals surface area contributed by atoms with Gasteiger partial charge in [-0.05, 0) is 18.9 Å². The third-order valence-corrected chi connectivity index (χ3v) is 4.82. The Bertz CT molecular complexity index is 495. The number of ether oxygens (including phenoxy) is 1. The third-order valence-electron chi connectivity index (χ3n) is 3.71. The maximum Gasteiger partial charge on any atom is 0.263 e. The van der Waals surface area contributed by atoms with Gasteiger partial charge in [0.15, 0.2) is 0 Å². The average Bonchev–Trinajstić information content (AvgIpc) is 3.21. The molecule has 0 atom stereocenters. The van der Waals surface area contributed by atoms with E-state index < -0.39 is 0 Å². The van der Waals surface area contributed by atoms with Gasteiger partial charge in [0.05, 0.1) is 23.9 Å². The maximum atomic E-state index is 12.0. The Morgan fingerprint density at radius 2 is 2.19 bits per heavy atom. The molecule has 1 aromatic heterocycles. The summed E-state index contributed by atoms with van der Waals surface area (Å²) in [6.45, 7) is 5.44. The second-order valence-electron chi connectivity index (χ2n) is 5.52. The van der Waals surface area contributed by atoms with Crippen LogP contribution in [0.4, 0.5) is 10.7 Å². The molecule has 4 N–H and O–H groups in total. The van der Waals surface area contributed by atoms with Crippen molar-refractivity contribution in [3.8, 4) is 0 Å². The van der Waals surface area contributed by atoms with E-state index in [1.54, 1.807) is 0 Å². The molecule has 0 bridgehead atoms. The second kappa shape index (κ2) is 6.64. The van der Waals surface area contributed by atoms with Crippen LogP contribution < -0.4 is 16.4 Å². The zero-order chi connectivity index (χ0) is 14.7. The Morgan fingerprint density at radius 3 is 2.90 bits per heavy atom. The maximum absolute atomic E-state index is 12.0. The van der Waals surface area contributed by atoms with E-state index >= 15 is 0 Å². The highest BCUT2D eigenvalue weighted by atomic mass is 32.1. The van der Waals surface area contributed by atoms with Crippen molar-refractivity contribution < 1.29 is 9.53 Å². The van der Waals surface area contributed by atoms with Crippen LogP contribution in [-0.4, -0.2) is 56.2 Å². The number of anilines is 2. The largest absolute Gasteiger partial charge is 0.397 e. The molecular weight excluding hydrogens is 288 g/mol. The lowest BCUT2D eigenvalue weighted by atomic mass is 10.3. The average molecular weight is 310 g/mol. The van der Waals surface area contributed by atoms with Crippen LogP contribution in [0.15, 0.2) is 6.07 Å². The number of rotatable bonds is 6. The van der Waals surface area contributed by atoms with E-state index in [0.717, 1.165) is 57.2 Å².